The third-order valence-corrected chi connectivity index (χ3v) is 3.79. The SMILES string of the molecule is O=C(NCc1ccccc1F)C(=O)NC1CCCCCC1. The molecule has 2 rings (SSSR count). The van der Waals surface area contributed by atoms with Gasteiger partial charge < -0.3 is 10.6 Å². The minimum atomic E-state index is -0.706. The summed E-state index contributed by atoms with van der Waals surface area (Å²) in [5.41, 5.74) is 0.369. The molecule has 1 aromatic carbocycles. The van der Waals surface area contributed by atoms with Gasteiger partial charge in [0, 0.05) is 18.2 Å². The summed E-state index contributed by atoms with van der Waals surface area (Å²) in [7, 11) is 0. The van der Waals surface area contributed by atoms with Crippen LogP contribution in [-0.2, 0) is 16.1 Å². The number of halogens is 1. The van der Waals surface area contributed by atoms with Crippen molar-refractivity contribution in [3.8, 4) is 0 Å². The van der Waals surface area contributed by atoms with Crippen LogP contribution in [-0.4, -0.2) is 17.9 Å². The van der Waals surface area contributed by atoms with Crippen molar-refractivity contribution in [2.24, 2.45) is 0 Å². The predicted molar refractivity (Wildman–Crippen MR) is 77.9 cm³/mol. The largest absolute Gasteiger partial charge is 0.345 e. The molecule has 0 aliphatic heterocycles. The fourth-order valence-electron chi connectivity index (χ4n) is 2.57. The molecule has 114 valence electrons. The van der Waals surface area contributed by atoms with Crippen molar-refractivity contribution in [1.82, 2.24) is 10.6 Å². The molecule has 4 nitrogen and oxygen atoms in total. The van der Waals surface area contributed by atoms with Crippen LogP contribution < -0.4 is 10.6 Å². The van der Waals surface area contributed by atoms with Crippen molar-refractivity contribution in [3.05, 3.63) is 35.6 Å². The molecule has 21 heavy (non-hydrogen) atoms. The summed E-state index contributed by atoms with van der Waals surface area (Å²) in [5.74, 6) is -1.72. The van der Waals surface area contributed by atoms with Crippen molar-refractivity contribution in [2.45, 2.75) is 51.1 Å². The van der Waals surface area contributed by atoms with Gasteiger partial charge in [-0.15, -0.1) is 0 Å². The van der Waals surface area contributed by atoms with Crippen LogP contribution >= 0.6 is 0 Å². The van der Waals surface area contributed by atoms with Crippen LogP contribution in [0.4, 0.5) is 4.39 Å². The highest BCUT2D eigenvalue weighted by Gasteiger charge is 2.19. The summed E-state index contributed by atoms with van der Waals surface area (Å²) in [5, 5.41) is 5.22. The van der Waals surface area contributed by atoms with Crippen LogP contribution in [0.3, 0.4) is 0 Å². The van der Waals surface area contributed by atoms with Crippen LogP contribution in [0, 0.1) is 5.82 Å². The summed E-state index contributed by atoms with van der Waals surface area (Å²) in [6.45, 7) is 0.0175. The first-order valence-corrected chi connectivity index (χ1v) is 7.49. The monoisotopic (exact) mass is 292 g/mol. The van der Waals surface area contributed by atoms with Gasteiger partial charge in [0.05, 0.1) is 0 Å². The molecule has 1 saturated carbocycles. The predicted octanol–water partition coefficient (Wildman–Crippen LogP) is 2.28. The Morgan fingerprint density at radius 1 is 1.05 bits per heavy atom. The zero-order chi connectivity index (χ0) is 15.1. The molecule has 0 bridgehead atoms. The molecule has 0 saturated heterocycles. The van der Waals surface area contributed by atoms with Crippen molar-refractivity contribution in [1.29, 1.82) is 0 Å². The van der Waals surface area contributed by atoms with Crippen LogP contribution in [0.5, 0.6) is 0 Å². The summed E-state index contributed by atoms with van der Waals surface area (Å²) in [6, 6.07) is 6.26. The van der Waals surface area contributed by atoms with Gasteiger partial charge in [-0.1, -0.05) is 43.9 Å². The first-order chi connectivity index (χ1) is 10.2. The topological polar surface area (TPSA) is 58.2 Å². The van der Waals surface area contributed by atoms with E-state index in [-0.39, 0.29) is 18.4 Å². The highest BCUT2D eigenvalue weighted by atomic mass is 19.1. The average Bonchev–Trinajstić information content (AvgIpc) is 2.74. The molecular formula is C16H21FN2O2. The lowest BCUT2D eigenvalue weighted by molar-refractivity contribution is -0.139. The maximum Gasteiger partial charge on any atom is 0.309 e. The van der Waals surface area contributed by atoms with E-state index in [0.29, 0.717) is 5.56 Å². The Bertz CT molecular complexity index is 497. The highest BCUT2D eigenvalue weighted by Crippen LogP contribution is 2.17. The summed E-state index contributed by atoms with van der Waals surface area (Å²) >= 11 is 0. The van der Waals surface area contributed by atoms with Gasteiger partial charge in [0.15, 0.2) is 0 Å². The van der Waals surface area contributed by atoms with Crippen LogP contribution in [0.15, 0.2) is 24.3 Å². The molecule has 1 aliphatic carbocycles. The lowest BCUT2D eigenvalue weighted by Gasteiger charge is -2.15. The van der Waals surface area contributed by atoms with Crippen LogP contribution in [0.25, 0.3) is 0 Å². The number of nitrogens with one attached hydrogen (secondary N) is 2. The van der Waals surface area contributed by atoms with Gasteiger partial charge in [0.2, 0.25) is 0 Å². The highest BCUT2D eigenvalue weighted by molar-refractivity contribution is 6.35. The molecule has 0 unspecified atom stereocenters. The molecular weight excluding hydrogens is 271 g/mol. The lowest BCUT2D eigenvalue weighted by Crippen LogP contribution is -2.44. The van der Waals surface area contributed by atoms with Gasteiger partial charge in [-0.05, 0) is 18.9 Å². The smallest absolute Gasteiger partial charge is 0.309 e. The zero-order valence-electron chi connectivity index (χ0n) is 12.0. The summed E-state index contributed by atoms with van der Waals surface area (Å²) < 4.78 is 13.4. The van der Waals surface area contributed by atoms with E-state index in [4.69, 9.17) is 0 Å². The van der Waals surface area contributed by atoms with Gasteiger partial charge in [0.1, 0.15) is 5.82 Å². The Morgan fingerprint density at radius 3 is 2.38 bits per heavy atom. The molecule has 1 aliphatic rings. The molecule has 5 heteroatoms. The van der Waals surface area contributed by atoms with Crippen molar-refractivity contribution < 1.29 is 14.0 Å². The molecule has 0 aromatic heterocycles. The maximum atomic E-state index is 13.4. The molecule has 1 fully saturated rings. The van der Waals surface area contributed by atoms with E-state index in [9.17, 15) is 14.0 Å². The Labute approximate surface area is 124 Å². The number of carbonyl (C=O) groups excluding carboxylic acids is 2. The quantitative estimate of drug-likeness (QED) is 0.663. The second kappa shape index (κ2) is 7.76. The summed E-state index contributed by atoms with van der Waals surface area (Å²) in [6.07, 6.45) is 6.39. The number of carbonyl (C=O) groups is 2. The molecule has 1 aromatic rings. The van der Waals surface area contributed by atoms with E-state index < -0.39 is 11.8 Å². The molecule has 2 amide bonds. The van der Waals surface area contributed by atoms with E-state index in [1.54, 1.807) is 18.2 Å². The van der Waals surface area contributed by atoms with Gasteiger partial charge >= 0.3 is 11.8 Å². The number of hydrogen-bond donors (Lipinski definition) is 2. The minimum absolute atomic E-state index is 0.0175. The number of amides is 2. The van der Waals surface area contributed by atoms with E-state index in [1.165, 1.54) is 18.9 Å². The normalized spacial score (nSPS) is 16.0. The number of hydrogen-bond acceptors (Lipinski definition) is 2. The Balaban J connectivity index is 1.79. The number of rotatable bonds is 3. The van der Waals surface area contributed by atoms with Gasteiger partial charge in [-0.25, -0.2) is 4.39 Å². The Morgan fingerprint density at radius 2 is 1.71 bits per heavy atom. The Hall–Kier alpha value is -1.91. The second-order valence-electron chi connectivity index (χ2n) is 5.44. The van der Waals surface area contributed by atoms with E-state index in [1.807, 2.05) is 0 Å². The first kappa shape index (κ1) is 15.5. The van der Waals surface area contributed by atoms with Crippen LogP contribution in [0.2, 0.25) is 0 Å². The maximum absolute atomic E-state index is 13.4. The standard InChI is InChI=1S/C16H21FN2O2/c17-14-10-6-5-7-12(14)11-18-15(20)16(21)19-13-8-3-1-2-4-9-13/h5-7,10,13H,1-4,8-9,11H2,(H,18,20)(H,19,21). The molecule has 0 radical (unpaired) electrons. The summed E-state index contributed by atoms with van der Waals surface area (Å²) in [4.78, 5) is 23.6. The number of benzene rings is 1. The fraction of sp³-hybridized carbons (Fsp3) is 0.500. The van der Waals surface area contributed by atoms with E-state index in [2.05, 4.69) is 10.6 Å². The Kier molecular flexibility index (Phi) is 5.72. The molecule has 0 heterocycles. The average molecular weight is 292 g/mol. The fourth-order valence-corrected chi connectivity index (χ4v) is 2.57. The molecule has 2 N–H and O–H groups in total. The zero-order valence-corrected chi connectivity index (χ0v) is 12.0. The van der Waals surface area contributed by atoms with Crippen molar-refractivity contribution in [2.75, 3.05) is 0 Å². The molecule has 0 spiro atoms. The van der Waals surface area contributed by atoms with Crippen LogP contribution in [0.1, 0.15) is 44.1 Å². The van der Waals surface area contributed by atoms with Crippen molar-refractivity contribution >= 4 is 11.8 Å². The second-order valence-corrected chi connectivity index (χ2v) is 5.44. The third-order valence-electron chi connectivity index (χ3n) is 3.79. The van der Waals surface area contributed by atoms with Crippen molar-refractivity contribution in [3.63, 3.8) is 0 Å². The minimum Gasteiger partial charge on any atom is -0.345 e. The van der Waals surface area contributed by atoms with E-state index in [0.717, 1.165) is 25.7 Å². The van der Waals surface area contributed by atoms with Gasteiger partial charge in [0.25, 0.3) is 0 Å². The lowest BCUT2D eigenvalue weighted by atomic mass is 10.1. The first-order valence-electron chi connectivity index (χ1n) is 7.49. The molecule has 0 atom stereocenters. The van der Waals surface area contributed by atoms with E-state index >= 15 is 0 Å². The van der Waals surface area contributed by atoms with Gasteiger partial charge in [-0.2, -0.15) is 0 Å². The third kappa shape index (κ3) is 4.85. The van der Waals surface area contributed by atoms with Gasteiger partial charge in [-0.3, -0.25) is 9.59 Å².